The molecule has 0 spiro atoms. The molecule has 82 valence electrons. The maximum atomic E-state index is 8.45. The van der Waals surface area contributed by atoms with Crippen molar-refractivity contribution >= 4 is 11.7 Å². The van der Waals surface area contributed by atoms with Crippen LogP contribution in [0.4, 0.5) is 5.82 Å². The summed E-state index contributed by atoms with van der Waals surface area (Å²) in [5, 5.41) is 11.4. The van der Waals surface area contributed by atoms with E-state index in [0.717, 1.165) is 11.5 Å². The fraction of sp³-hybridized carbons (Fsp3) is 0.444. The zero-order valence-corrected chi connectivity index (χ0v) is 9.10. The lowest BCUT2D eigenvalue weighted by Crippen LogP contribution is -2.18. The molecular formula is C9H15N5O. The highest BCUT2D eigenvalue weighted by Gasteiger charge is 2.05. The van der Waals surface area contributed by atoms with E-state index in [1.807, 2.05) is 32.0 Å². The Balaban J connectivity index is 2.99. The van der Waals surface area contributed by atoms with Gasteiger partial charge in [-0.3, -0.25) is 0 Å². The molecule has 0 atom stereocenters. The SMILES string of the molecule is Cc1nc(C/C(N)=N/O)cc(N(C)C)n1. The number of amidine groups is 1. The van der Waals surface area contributed by atoms with Crippen LogP contribution in [-0.4, -0.2) is 35.1 Å². The zero-order valence-electron chi connectivity index (χ0n) is 9.10. The number of oxime groups is 1. The molecule has 0 saturated carbocycles. The smallest absolute Gasteiger partial charge is 0.145 e. The summed E-state index contributed by atoms with van der Waals surface area (Å²) in [6.45, 7) is 1.81. The molecule has 0 fully saturated rings. The van der Waals surface area contributed by atoms with Gasteiger partial charge in [-0.25, -0.2) is 9.97 Å². The summed E-state index contributed by atoms with van der Waals surface area (Å²) in [7, 11) is 3.80. The molecule has 3 N–H and O–H groups in total. The van der Waals surface area contributed by atoms with Gasteiger partial charge in [-0.15, -0.1) is 0 Å². The molecule has 0 radical (unpaired) electrons. The maximum Gasteiger partial charge on any atom is 0.145 e. The summed E-state index contributed by atoms with van der Waals surface area (Å²) in [6, 6.07) is 1.81. The topological polar surface area (TPSA) is 87.6 Å². The standard InChI is InChI=1S/C9H15N5O/c1-6-11-7(4-8(10)13-15)5-9(12-6)14(2)3/h5,15H,4H2,1-3H3,(H2,10,13). The van der Waals surface area contributed by atoms with Crippen LogP contribution < -0.4 is 10.6 Å². The molecule has 6 heteroatoms. The monoisotopic (exact) mass is 209 g/mol. The van der Waals surface area contributed by atoms with E-state index in [1.165, 1.54) is 0 Å². The molecule has 0 aliphatic rings. The van der Waals surface area contributed by atoms with Crippen LogP contribution in [0.25, 0.3) is 0 Å². The molecule has 1 aromatic rings. The largest absolute Gasteiger partial charge is 0.409 e. The quantitative estimate of drug-likeness (QED) is 0.320. The van der Waals surface area contributed by atoms with E-state index in [0.29, 0.717) is 12.2 Å². The molecule has 0 bridgehead atoms. The van der Waals surface area contributed by atoms with Crippen LogP contribution in [0.1, 0.15) is 11.5 Å². The first-order chi connectivity index (χ1) is 7.02. The van der Waals surface area contributed by atoms with Gasteiger partial charge in [0.15, 0.2) is 0 Å². The van der Waals surface area contributed by atoms with Crippen LogP contribution in [0.5, 0.6) is 0 Å². The van der Waals surface area contributed by atoms with E-state index in [1.54, 1.807) is 0 Å². The first kappa shape index (κ1) is 11.2. The van der Waals surface area contributed by atoms with Crippen LogP contribution in [0.2, 0.25) is 0 Å². The third kappa shape index (κ3) is 3.08. The highest BCUT2D eigenvalue weighted by molar-refractivity contribution is 5.81. The van der Waals surface area contributed by atoms with Crippen molar-refractivity contribution in [3.63, 3.8) is 0 Å². The van der Waals surface area contributed by atoms with Crippen molar-refractivity contribution < 1.29 is 5.21 Å². The van der Waals surface area contributed by atoms with Gasteiger partial charge in [0.05, 0.1) is 12.1 Å². The fourth-order valence-electron chi connectivity index (χ4n) is 1.15. The number of aromatic nitrogens is 2. The van der Waals surface area contributed by atoms with Crippen molar-refractivity contribution in [3.8, 4) is 0 Å². The van der Waals surface area contributed by atoms with Crippen LogP contribution in [-0.2, 0) is 6.42 Å². The Hall–Kier alpha value is -1.85. The van der Waals surface area contributed by atoms with Crippen molar-refractivity contribution in [2.24, 2.45) is 10.9 Å². The minimum absolute atomic E-state index is 0.137. The lowest BCUT2D eigenvalue weighted by Gasteiger charge is -2.12. The van der Waals surface area contributed by atoms with Crippen LogP contribution >= 0.6 is 0 Å². The van der Waals surface area contributed by atoms with Gasteiger partial charge in [-0.2, -0.15) is 0 Å². The third-order valence-corrected chi connectivity index (χ3v) is 1.83. The molecule has 0 unspecified atom stereocenters. The fourth-order valence-corrected chi connectivity index (χ4v) is 1.15. The van der Waals surface area contributed by atoms with Crippen LogP contribution in [0.3, 0.4) is 0 Å². The molecule has 0 aliphatic carbocycles. The van der Waals surface area contributed by atoms with Crippen molar-refractivity contribution in [2.45, 2.75) is 13.3 Å². The average molecular weight is 209 g/mol. The molecule has 1 rings (SSSR count). The Kier molecular flexibility index (Phi) is 3.43. The summed E-state index contributed by atoms with van der Waals surface area (Å²) in [6.07, 6.45) is 0.320. The van der Waals surface area contributed by atoms with E-state index < -0.39 is 0 Å². The molecule has 6 nitrogen and oxygen atoms in total. The molecule has 0 aromatic carbocycles. The zero-order chi connectivity index (χ0) is 11.4. The van der Waals surface area contributed by atoms with Gasteiger partial charge < -0.3 is 15.8 Å². The highest BCUT2D eigenvalue weighted by atomic mass is 16.4. The molecule has 1 heterocycles. The second-order valence-corrected chi connectivity index (χ2v) is 3.43. The van der Waals surface area contributed by atoms with Gasteiger partial charge in [-0.1, -0.05) is 5.16 Å². The van der Waals surface area contributed by atoms with Crippen LogP contribution in [0.15, 0.2) is 11.2 Å². The minimum Gasteiger partial charge on any atom is -0.409 e. The number of hydrogen-bond donors (Lipinski definition) is 2. The third-order valence-electron chi connectivity index (χ3n) is 1.83. The van der Waals surface area contributed by atoms with E-state index in [2.05, 4.69) is 15.1 Å². The second kappa shape index (κ2) is 4.59. The first-order valence-corrected chi connectivity index (χ1v) is 4.51. The average Bonchev–Trinajstić information content (AvgIpc) is 2.16. The summed E-state index contributed by atoms with van der Waals surface area (Å²) in [4.78, 5) is 10.3. The van der Waals surface area contributed by atoms with Crippen molar-refractivity contribution in [2.75, 3.05) is 19.0 Å². The van der Waals surface area contributed by atoms with E-state index >= 15 is 0 Å². The predicted octanol–water partition coefficient (Wildman–Crippen LogP) is 0.140. The van der Waals surface area contributed by atoms with E-state index in [9.17, 15) is 0 Å². The molecule has 0 amide bonds. The Bertz CT molecular complexity index is 375. The first-order valence-electron chi connectivity index (χ1n) is 4.51. The number of aryl methyl sites for hydroxylation is 1. The van der Waals surface area contributed by atoms with Gasteiger partial charge in [0, 0.05) is 20.2 Å². The highest BCUT2D eigenvalue weighted by Crippen LogP contribution is 2.09. The summed E-state index contributed by atoms with van der Waals surface area (Å²) in [5.41, 5.74) is 6.14. The Morgan fingerprint density at radius 2 is 2.20 bits per heavy atom. The molecule has 0 aliphatic heterocycles. The van der Waals surface area contributed by atoms with Gasteiger partial charge in [0.1, 0.15) is 17.5 Å². The molecular weight excluding hydrogens is 194 g/mol. The number of anilines is 1. The maximum absolute atomic E-state index is 8.45. The van der Waals surface area contributed by atoms with Gasteiger partial charge in [0.2, 0.25) is 0 Å². The van der Waals surface area contributed by atoms with Crippen molar-refractivity contribution in [3.05, 3.63) is 17.6 Å². The van der Waals surface area contributed by atoms with Crippen molar-refractivity contribution in [1.82, 2.24) is 9.97 Å². The van der Waals surface area contributed by atoms with Crippen molar-refractivity contribution in [1.29, 1.82) is 0 Å². The number of nitrogens with two attached hydrogens (primary N) is 1. The lowest BCUT2D eigenvalue weighted by molar-refractivity contribution is 0.317. The normalized spacial score (nSPS) is 11.5. The Labute approximate surface area is 88.4 Å². The van der Waals surface area contributed by atoms with E-state index in [-0.39, 0.29) is 5.84 Å². The van der Waals surface area contributed by atoms with Crippen LogP contribution in [0, 0.1) is 6.92 Å². The number of nitrogens with zero attached hydrogens (tertiary/aromatic N) is 4. The Morgan fingerprint density at radius 1 is 1.53 bits per heavy atom. The lowest BCUT2D eigenvalue weighted by atomic mass is 10.2. The van der Waals surface area contributed by atoms with E-state index in [4.69, 9.17) is 10.9 Å². The number of rotatable bonds is 3. The summed E-state index contributed by atoms with van der Waals surface area (Å²) >= 11 is 0. The number of hydrogen-bond acceptors (Lipinski definition) is 5. The Morgan fingerprint density at radius 3 is 2.73 bits per heavy atom. The van der Waals surface area contributed by atoms with Gasteiger partial charge in [0.25, 0.3) is 0 Å². The molecule has 15 heavy (non-hydrogen) atoms. The summed E-state index contributed by atoms with van der Waals surface area (Å²) in [5.74, 6) is 1.61. The van der Waals surface area contributed by atoms with Gasteiger partial charge in [-0.05, 0) is 6.92 Å². The molecule has 0 saturated heterocycles. The minimum atomic E-state index is 0.137. The summed E-state index contributed by atoms with van der Waals surface area (Å²) < 4.78 is 0. The predicted molar refractivity (Wildman–Crippen MR) is 58.2 cm³/mol. The second-order valence-electron chi connectivity index (χ2n) is 3.43. The molecule has 1 aromatic heterocycles. The van der Waals surface area contributed by atoms with Gasteiger partial charge >= 0.3 is 0 Å².